The number of nitrogens with zero attached hydrogens (tertiary/aromatic N) is 3. The van der Waals surface area contributed by atoms with E-state index in [-0.39, 0.29) is 11.4 Å². The summed E-state index contributed by atoms with van der Waals surface area (Å²) in [6.45, 7) is 12.5. The molecule has 0 amide bonds. The molecule has 9 heteroatoms. The smallest absolute Gasteiger partial charge is 0.347 e. The van der Waals surface area contributed by atoms with Crippen molar-refractivity contribution in [2.75, 3.05) is 33.3 Å². The Morgan fingerprint density at radius 1 is 0.727 bits per heavy atom. The second kappa shape index (κ2) is 17.4. The zero-order valence-corrected chi connectivity index (χ0v) is 27.6. The van der Waals surface area contributed by atoms with E-state index in [2.05, 4.69) is 4.98 Å². The van der Waals surface area contributed by atoms with E-state index in [1.165, 1.54) is 18.0 Å². The van der Waals surface area contributed by atoms with Crippen LogP contribution in [0.3, 0.4) is 0 Å². The first-order valence-electron chi connectivity index (χ1n) is 14.7. The van der Waals surface area contributed by atoms with Crippen molar-refractivity contribution in [1.82, 2.24) is 9.55 Å². The molecule has 4 rings (SSSR count). The third kappa shape index (κ3) is 8.40. The summed E-state index contributed by atoms with van der Waals surface area (Å²) in [7, 11) is 6.06. The summed E-state index contributed by atoms with van der Waals surface area (Å²) in [6.07, 6.45) is 1.46. The number of carbonyl (C=O) groups excluding carboxylic acids is 1. The number of methoxy groups -OCH3 is 4. The van der Waals surface area contributed by atoms with E-state index in [4.69, 9.17) is 18.9 Å². The van der Waals surface area contributed by atoms with Crippen LogP contribution in [0, 0.1) is 13.8 Å². The Morgan fingerprint density at radius 3 is 1.55 bits per heavy atom. The fourth-order valence-electron chi connectivity index (χ4n) is 4.65. The molecule has 0 radical (unpaired) electrons. The second-order valence-electron chi connectivity index (χ2n) is 9.27. The first-order chi connectivity index (χ1) is 21.3. The average molecular weight is 604 g/mol. The molecular formula is C35H45N3O6. The molecule has 0 unspecified atom stereocenters. The van der Waals surface area contributed by atoms with Gasteiger partial charge in [-0.15, -0.1) is 0 Å². The third-order valence-corrected chi connectivity index (χ3v) is 6.65. The number of carbonyl (C=O) groups is 1. The highest BCUT2D eigenvalue weighted by Crippen LogP contribution is 2.27. The van der Waals surface area contributed by atoms with Gasteiger partial charge in [0.2, 0.25) is 0 Å². The van der Waals surface area contributed by atoms with Crippen LogP contribution in [0.4, 0.5) is 5.82 Å². The van der Waals surface area contributed by atoms with Gasteiger partial charge in [0.15, 0.2) is 11.4 Å². The van der Waals surface area contributed by atoms with Gasteiger partial charge in [-0.1, -0.05) is 52.0 Å². The van der Waals surface area contributed by atoms with Gasteiger partial charge in [0.1, 0.15) is 23.6 Å². The summed E-state index contributed by atoms with van der Waals surface area (Å²) in [5.74, 6) is 1.59. The molecule has 44 heavy (non-hydrogen) atoms. The number of esters is 1. The van der Waals surface area contributed by atoms with Crippen molar-refractivity contribution in [3.8, 4) is 22.9 Å². The van der Waals surface area contributed by atoms with Gasteiger partial charge in [-0.2, -0.15) is 0 Å². The lowest BCUT2D eigenvalue weighted by Gasteiger charge is -2.26. The first-order valence-corrected chi connectivity index (χ1v) is 14.7. The molecule has 0 aliphatic rings. The van der Waals surface area contributed by atoms with E-state index in [1.54, 1.807) is 21.3 Å². The van der Waals surface area contributed by atoms with E-state index >= 15 is 0 Å². The number of anilines is 1. The van der Waals surface area contributed by atoms with Crippen LogP contribution in [0.2, 0.25) is 0 Å². The maximum atomic E-state index is 14.0. The monoisotopic (exact) mass is 603 g/mol. The highest BCUT2D eigenvalue weighted by molar-refractivity contribution is 5.94. The Bertz CT molecular complexity index is 1470. The number of benzene rings is 3. The number of hydrogen-bond acceptors (Lipinski definition) is 8. The van der Waals surface area contributed by atoms with E-state index in [1.807, 2.05) is 107 Å². The number of aromatic nitrogens is 2. The molecule has 1 aromatic heterocycles. The number of hydrogen-bond donors (Lipinski definition) is 0. The quantitative estimate of drug-likeness (QED) is 0.180. The van der Waals surface area contributed by atoms with Crippen molar-refractivity contribution in [3.63, 3.8) is 0 Å². The van der Waals surface area contributed by atoms with Crippen molar-refractivity contribution in [1.29, 1.82) is 0 Å². The van der Waals surface area contributed by atoms with Crippen LogP contribution in [0.5, 0.6) is 17.2 Å². The van der Waals surface area contributed by atoms with E-state index in [0.29, 0.717) is 24.5 Å². The van der Waals surface area contributed by atoms with Crippen molar-refractivity contribution in [3.05, 3.63) is 105 Å². The normalized spacial score (nSPS) is 9.95. The van der Waals surface area contributed by atoms with Crippen LogP contribution in [0.15, 0.2) is 71.8 Å². The largest absolute Gasteiger partial charge is 0.497 e. The Hall–Kier alpha value is -4.79. The Morgan fingerprint density at radius 2 is 1.16 bits per heavy atom. The van der Waals surface area contributed by atoms with E-state index in [9.17, 15) is 9.59 Å². The SMILES string of the molecule is CC.CC.COC(=O)c1c(N(Cc2ccc(OC)cc2)Cc2ccc(OC)cc2)ncn(-c2c(C)cc(OC)cc2C)c1=O. The molecule has 0 fully saturated rings. The minimum atomic E-state index is -0.764. The molecule has 0 spiro atoms. The maximum absolute atomic E-state index is 14.0. The zero-order valence-electron chi connectivity index (χ0n) is 27.6. The fraction of sp³-hybridized carbons (Fsp3) is 0.343. The molecule has 0 aliphatic heterocycles. The van der Waals surface area contributed by atoms with Gasteiger partial charge in [0.05, 0.1) is 34.1 Å². The van der Waals surface area contributed by atoms with Gasteiger partial charge < -0.3 is 23.8 Å². The predicted octanol–water partition coefficient (Wildman–Crippen LogP) is 6.92. The van der Waals surface area contributed by atoms with Crippen LogP contribution < -0.4 is 24.7 Å². The van der Waals surface area contributed by atoms with Crippen molar-refractivity contribution in [2.24, 2.45) is 0 Å². The van der Waals surface area contributed by atoms with Crippen molar-refractivity contribution in [2.45, 2.75) is 54.6 Å². The summed E-state index contributed by atoms with van der Waals surface area (Å²) >= 11 is 0. The van der Waals surface area contributed by atoms with E-state index in [0.717, 1.165) is 33.8 Å². The Labute approximate surface area is 261 Å². The molecule has 236 valence electrons. The summed E-state index contributed by atoms with van der Waals surface area (Å²) in [6, 6.07) is 18.9. The Kier molecular flexibility index (Phi) is 14.0. The molecule has 9 nitrogen and oxygen atoms in total. The molecule has 0 aliphatic carbocycles. The Balaban J connectivity index is 0.00000162. The highest BCUT2D eigenvalue weighted by atomic mass is 16.5. The lowest BCUT2D eigenvalue weighted by atomic mass is 10.1. The van der Waals surface area contributed by atoms with Gasteiger partial charge in [-0.25, -0.2) is 9.78 Å². The maximum Gasteiger partial charge on any atom is 0.347 e. The number of aryl methyl sites for hydroxylation is 2. The van der Waals surface area contributed by atoms with Crippen LogP contribution in [-0.2, 0) is 17.8 Å². The van der Waals surface area contributed by atoms with Crippen molar-refractivity contribution >= 4 is 11.8 Å². The van der Waals surface area contributed by atoms with Crippen LogP contribution in [0.1, 0.15) is 60.3 Å². The van der Waals surface area contributed by atoms with Crippen LogP contribution >= 0.6 is 0 Å². The summed E-state index contributed by atoms with van der Waals surface area (Å²) in [5, 5.41) is 0. The lowest BCUT2D eigenvalue weighted by molar-refractivity contribution is 0.0598. The van der Waals surface area contributed by atoms with Gasteiger partial charge in [0, 0.05) is 13.1 Å². The summed E-state index contributed by atoms with van der Waals surface area (Å²) < 4.78 is 22.4. The molecule has 4 aromatic rings. The van der Waals surface area contributed by atoms with E-state index < -0.39 is 11.5 Å². The lowest BCUT2D eigenvalue weighted by Crippen LogP contribution is -2.33. The van der Waals surface area contributed by atoms with Gasteiger partial charge >= 0.3 is 5.97 Å². The third-order valence-electron chi connectivity index (χ3n) is 6.65. The molecule has 0 saturated heterocycles. The average Bonchev–Trinajstić information content (AvgIpc) is 3.06. The summed E-state index contributed by atoms with van der Waals surface area (Å²) in [5.41, 5.74) is 3.45. The fourth-order valence-corrected chi connectivity index (χ4v) is 4.65. The molecule has 0 N–H and O–H groups in total. The zero-order chi connectivity index (χ0) is 32.8. The predicted molar refractivity (Wildman–Crippen MR) is 176 cm³/mol. The molecule has 3 aromatic carbocycles. The number of ether oxygens (including phenoxy) is 4. The summed E-state index contributed by atoms with van der Waals surface area (Å²) in [4.78, 5) is 33.6. The van der Waals surface area contributed by atoms with Crippen LogP contribution in [-0.4, -0.2) is 44.0 Å². The molecule has 1 heterocycles. The first kappa shape index (κ1) is 35.4. The molecule has 0 atom stereocenters. The van der Waals surface area contributed by atoms with Gasteiger partial charge in [-0.05, 0) is 72.5 Å². The van der Waals surface area contributed by atoms with Gasteiger partial charge in [-0.3, -0.25) is 9.36 Å². The molecule has 0 bridgehead atoms. The highest BCUT2D eigenvalue weighted by Gasteiger charge is 2.26. The standard InChI is InChI=1S/C31H33N3O6.2C2H6/c1-20-15-26(39-5)16-21(2)28(20)34-19-32-29(27(30(34)35)31(36)40-6)33(17-22-7-11-24(37-3)12-8-22)18-23-9-13-25(38-4)14-10-23;2*1-2/h7-16,19H,17-18H2,1-6H3;2*1-2H3. The minimum absolute atomic E-state index is 0.151. The second-order valence-corrected chi connectivity index (χ2v) is 9.27. The van der Waals surface area contributed by atoms with Gasteiger partial charge in [0.25, 0.3) is 5.56 Å². The topological polar surface area (TPSA) is 92.1 Å². The minimum Gasteiger partial charge on any atom is -0.497 e. The molecular weight excluding hydrogens is 558 g/mol. The van der Waals surface area contributed by atoms with Crippen LogP contribution in [0.25, 0.3) is 5.69 Å². The molecule has 0 saturated carbocycles. The van der Waals surface area contributed by atoms with Crippen molar-refractivity contribution < 1.29 is 23.7 Å². The number of rotatable bonds is 10.